The molecule has 0 bridgehead atoms. The Morgan fingerprint density at radius 3 is 2.69 bits per heavy atom. The van der Waals surface area contributed by atoms with Gasteiger partial charge >= 0.3 is 0 Å². The highest BCUT2D eigenvalue weighted by atomic mass is 32.2. The zero-order chi connectivity index (χ0) is 18.3. The van der Waals surface area contributed by atoms with E-state index in [0.717, 1.165) is 31.1 Å². The number of hydrogen-bond donors (Lipinski definition) is 2. The summed E-state index contributed by atoms with van der Waals surface area (Å²) in [7, 11) is -3.12. The summed E-state index contributed by atoms with van der Waals surface area (Å²) >= 11 is 0. The van der Waals surface area contributed by atoms with Gasteiger partial charge in [0.2, 0.25) is 16.0 Å². The molecule has 2 aliphatic rings. The molecule has 140 valence electrons. The molecule has 2 aromatic heterocycles. The molecule has 1 aliphatic carbocycles. The van der Waals surface area contributed by atoms with E-state index in [1.165, 1.54) is 0 Å². The molecule has 4 rings (SSSR count). The third-order valence-electron chi connectivity index (χ3n) is 5.10. The van der Waals surface area contributed by atoms with Crippen LogP contribution in [0.1, 0.15) is 31.2 Å². The monoisotopic (exact) mass is 377 g/mol. The van der Waals surface area contributed by atoms with Crippen molar-refractivity contribution in [2.45, 2.75) is 38.6 Å². The molecular weight excluding hydrogens is 354 g/mol. The second kappa shape index (κ2) is 6.62. The number of fused-ring (bicyclic) bond motifs is 1. The number of hydrogen-bond acceptors (Lipinski definition) is 6. The third-order valence-corrected chi connectivity index (χ3v) is 7.15. The van der Waals surface area contributed by atoms with E-state index in [1.54, 1.807) is 23.5 Å². The van der Waals surface area contributed by atoms with Crippen LogP contribution in [0, 0.1) is 12.8 Å². The molecule has 0 atom stereocenters. The maximum absolute atomic E-state index is 12.4. The SMILES string of the molecule is Cc1cc2cnc(NC3CCN(S(=O)(=O)CC4CC4)CC3)nc2[nH]c1=O. The van der Waals surface area contributed by atoms with Crippen LogP contribution in [0.25, 0.3) is 11.0 Å². The van der Waals surface area contributed by atoms with Gasteiger partial charge in [-0.05, 0) is 44.6 Å². The average Bonchev–Trinajstić information content (AvgIpc) is 3.40. The summed E-state index contributed by atoms with van der Waals surface area (Å²) in [5, 5.41) is 4.05. The molecule has 0 radical (unpaired) electrons. The molecular formula is C17H23N5O3S. The molecule has 0 unspecified atom stereocenters. The van der Waals surface area contributed by atoms with Crippen LogP contribution < -0.4 is 10.9 Å². The van der Waals surface area contributed by atoms with E-state index >= 15 is 0 Å². The Hall–Kier alpha value is -2.00. The molecule has 9 heteroatoms. The van der Waals surface area contributed by atoms with E-state index in [-0.39, 0.29) is 11.6 Å². The van der Waals surface area contributed by atoms with Gasteiger partial charge in [0.05, 0.1) is 5.75 Å². The molecule has 2 fully saturated rings. The Labute approximate surface area is 152 Å². The predicted molar refractivity (Wildman–Crippen MR) is 99.6 cm³/mol. The van der Waals surface area contributed by atoms with Crippen molar-refractivity contribution in [1.82, 2.24) is 19.3 Å². The van der Waals surface area contributed by atoms with Crippen LogP contribution in [-0.4, -0.2) is 52.6 Å². The fraction of sp³-hybridized carbons (Fsp3) is 0.588. The number of H-pyrrole nitrogens is 1. The quantitative estimate of drug-likeness (QED) is 0.812. The Balaban J connectivity index is 1.40. The normalized spacial score (nSPS) is 19.7. The summed E-state index contributed by atoms with van der Waals surface area (Å²) in [5.41, 5.74) is 0.973. The van der Waals surface area contributed by atoms with Crippen LogP contribution in [0.15, 0.2) is 17.1 Å². The van der Waals surface area contributed by atoms with E-state index < -0.39 is 10.0 Å². The summed E-state index contributed by atoms with van der Waals surface area (Å²) in [6.45, 7) is 2.79. The van der Waals surface area contributed by atoms with Gasteiger partial charge in [0, 0.05) is 36.3 Å². The minimum absolute atomic E-state index is 0.122. The van der Waals surface area contributed by atoms with Crippen LogP contribution in [0.2, 0.25) is 0 Å². The number of piperidine rings is 1. The lowest BCUT2D eigenvalue weighted by atomic mass is 10.1. The number of pyridine rings is 1. The van der Waals surface area contributed by atoms with Crippen LogP contribution in [0.5, 0.6) is 0 Å². The smallest absolute Gasteiger partial charge is 0.252 e. The second-order valence-electron chi connectivity index (χ2n) is 7.32. The fourth-order valence-corrected chi connectivity index (χ4v) is 5.23. The van der Waals surface area contributed by atoms with Crippen LogP contribution >= 0.6 is 0 Å². The molecule has 1 saturated heterocycles. The Kier molecular flexibility index (Phi) is 4.44. The van der Waals surface area contributed by atoms with Gasteiger partial charge in [-0.3, -0.25) is 4.79 Å². The number of anilines is 1. The first-order chi connectivity index (χ1) is 12.4. The topological polar surface area (TPSA) is 108 Å². The lowest BCUT2D eigenvalue weighted by Crippen LogP contribution is -2.43. The first-order valence-electron chi connectivity index (χ1n) is 9.02. The Bertz CT molecular complexity index is 976. The summed E-state index contributed by atoms with van der Waals surface area (Å²) in [6, 6.07) is 1.89. The molecule has 26 heavy (non-hydrogen) atoms. The molecule has 0 spiro atoms. The van der Waals surface area contributed by atoms with Crippen molar-refractivity contribution in [3.63, 3.8) is 0 Å². The molecule has 0 amide bonds. The maximum atomic E-state index is 12.4. The van der Waals surface area contributed by atoms with Gasteiger partial charge < -0.3 is 10.3 Å². The van der Waals surface area contributed by atoms with Crippen molar-refractivity contribution >= 4 is 27.0 Å². The van der Waals surface area contributed by atoms with Gasteiger partial charge in [0.25, 0.3) is 5.56 Å². The summed E-state index contributed by atoms with van der Waals surface area (Å²) in [6.07, 6.45) is 5.20. The number of aromatic amines is 1. The van der Waals surface area contributed by atoms with Crippen molar-refractivity contribution in [2.75, 3.05) is 24.2 Å². The molecule has 2 N–H and O–H groups in total. The Morgan fingerprint density at radius 2 is 2.00 bits per heavy atom. The van der Waals surface area contributed by atoms with Crippen molar-refractivity contribution in [3.8, 4) is 0 Å². The maximum Gasteiger partial charge on any atom is 0.252 e. The van der Waals surface area contributed by atoms with Gasteiger partial charge in [0.1, 0.15) is 5.65 Å². The summed E-state index contributed by atoms with van der Waals surface area (Å²) < 4.78 is 26.3. The summed E-state index contributed by atoms with van der Waals surface area (Å²) in [4.78, 5) is 23.2. The van der Waals surface area contributed by atoms with Crippen molar-refractivity contribution in [3.05, 3.63) is 28.2 Å². The van der Waals surface area contributed by atoms with E-state index in [0.29, 0.717) is 41.9 Å². The minimum atomic E-state index is -3.12. The molecule has 1 aliphatic heterocycles. The van der Waals surface area contributed by atoms with Crippen LogP contribution in [0.3, 0.4) is 0 Å². The minimum Gasteiger partial charge on any atom is -0.351 e. The molecule has 1 saturated carbocycles. The average molecular weight is 377 g/mol. The molecule has 2 aromatic rings. The largest absolute Gasteiger partial charge is 0.351 e. The van der Waals surface area contributed by atoms with Crippen LogP contribution in [0.4, 0.5) is 5.95 Å². The van der Waals surface area contributed by atoms with Crippen molar-refractivity contribution < 1.29 is 8.42 Å². The number of rotatable bonds is 5. The zero-order valence-electron chi connectivity index (χ0n) is 14.7. The highest BCUT2D eigenvalue weighted by Gasteiger charge is 2.34. The Morgan fingerprint density at radius 1 is 1.27 bits per heavy atom. The number of nitrogens with zero attached hydrogens (tertiary/aromatic N) is 3. The van der Waals surface area contributed by atoms with E-state index in [9.17, 15) is 13.2 Å². The first-order valence-corrected chi connectivity index (χ1v) is 10.6. The van der Waals surface area contributed by atoms with Gasteiger partial charge in [-0.15, -0.1) is 0 Å². The standard InChI is InChI=1S/C17H23N5O3S/c1-11-8-13-9-18-17(21-15(13)20-16(11)23)19-14-4-6-22(7-5-14)26(24,25)10-12-2-3-12/h8-9,12,14H,2-7,10H2,1H3,(H2,18,19,20,21,23). The number of aryl methyl sites for hydroxylation is 1. The van der Waals surface area contributed by atoms with Gasteiger partial charge in [0.15, 0.2) is 0 Å². The first kappa shape index (κ1) is 17.4. The van der Waals surface area contributed by atoms with Crippen LogP contribution in [-0.2, 0) is 10.0 Å². The van der Waals surface area contributed by atoms with E-state index in [4.69, 9.17) is 0 Å². The summed E-state index contributed by atoms with van der Waals surface area (Å²) in [5.74, 6) is 1.12. The highest BCUT2D eigenvalue weighted by Crippen LogP contribution is 2.31. The van der Waals surface area contributed by atoms with Crippen molar-refractivity contribution in [1.29, 1.82) is 0 Å². The van der Waals surface area contributed by atoms with Crippen molar-refractivity contribution in [2.24, 2.45) is 5.92 Å². The van der Waals surface area contributed by atoms with Gasteiger partial charge in [-0.1, -0.05) is 0 Å². The number of aromatic nitrogens is 3. The molecule has 0 aromatic carbocycles. The third kappa shape index (κ3) is 3.73. The van der Waals surface area contributed by atoms with E-state index in [1.807, 2.05) is 0 Å². The second-order valence-corrected chi connectivity index (χ2v) is 9.33. The number of nitrogens with one attached hydrogen (secondary N) is 2. The highest BCUT2D eigenvalue weighted by molar-refractivity contribution is 7.89. The lowest BCUT2D eigenvalue weighted by molar-refractivity contribution is 0.328. The zero-order valence-corrected chi connectivity index (χ0v) is 15.6. The van der Waals surface area contributed by atoms with Gasteiger partial charge in [-0.2, -0.15) is 4.98 Å². The fourth-order valence-electron chi connectivity index (χ4n) is 3.32. The van der Waals surface area contributed by atoms with E-state index in [2.05, 4.69) is 20.3 Å². The van der Waals surface area contributed by atoms with Gasteiger partial charge in [-0.25, -0.2) is 17.7 Å². The molecule has 8 nitrogen and oxygen atoms in total. The molecule has 3 heterocycles. The predicted octanol–water partition coefficient (Wildman–Crippen LogP) is 1.24. The lowest BCUT2D eigenvalue weighted by Gasteiger charge is -2.31. The number of sulfonamides is 1.